The minimum Gasteiger partial charge on any atom is -0.466 e. The molecular weight excluding hydrogens is 290 g/mol. The number of amides is 1. The van der Waals surface area contributed by atoms with Gasteiger partial charge in [0.1, 0.15) is 5.60 Å². The van der Waals surface area contributed by atoms with Gasteiger partial charge in [0.2, 0.25) is 0 Å². The molecule has 0 aromatic rings. The first-order valence-corrected chi connectivity index (χ1v) is 8.77. The van der Waals surface area contributed by atoms with Crippen molar-refractivity contribution in [2.75, 3.05) is 31.7 Å². The van der Waals surface area contributed by atoms with E-state index in [0.717, 1.165) is 5.75 Å². The molecule has 1 heterocycles. The molecule has 1 aliphatic rings. The Morgan fingerprint density at radius 3 is 2.24 bits per heavy atom. The number of carbonyl (C=O) groups excluding carboxylic acids is 2. The summed E-state index contributed by atoms with van der Waals surface area (Å²) in [4.78, 5) is 26.0. The fourth-order valence-corrected chi connectivity index (χ4v) is 3.37. The third kappa shape index (κ3) is 5.09. The van der Waals surface area contributed by atoms with E-state index in [2.05, 4.69) is 0 Å². The monoisotopic (exact) mass is 317 g/mol. The average molecular weight is 317 g/mol. The minimum atomic E-state index is -0.494. The van der Waals surface area contributed by atoms with Crippen LogP contribution in [0.25, 0.3) is 0 Å². The number of piperidine rings is 1. The summed E-state index contributed by atoms with van der Waals surface area (Å²) in [6.07, 6.45) is 2.95. The van der Waals surface area contributed by atoms with E-state index in [1.807, 2.05) is 34.0 Å². The van der Waals surface area contributed by atoms with Crippen molar-refractivity contribution in [1.29, 1.82) is 0 Å². The molecule has 0 bridgehead atoms. The van der Waals surface area contributed by atoms with Gasteiger partial charge in [-0.2, -0.15) is 11.8 Å². The third-order valence-corrected chi connectivity index (χ3v) is 4.34. The number of thioether (sulfide) groups is 1. The molecule has 0 unspecified atom stereocenters. The summed E-state index contributed by atoms with van der Waals surface area (Å²) in [6.45, 7) is 8.84. The fraction of sp³-hybridized carbons (Fsp3) is 0.867. The lowest BCUT2D eigenvalue weighted by atomic mass is 9.80. The number of nitrogens with zero attached hydrogens (tertiary/aromatic N) is 1. The van der Waals surface area contributed by atoms with Gasteiger partial charge in [0.15, 0.2) is 0 Å². The number of likely N-dealkylation sites (tertiary alicyclic amines) is 1. The zero-order valence-corrected chi connectivity index (χ0v) is 14.5. The van der Waals surface area contributed by atoms with Crippen molar-refractivity contribution in [3.8, 4) is 0 Å². The van der Waals surface area contributed by atoms with Gasteiger partial charge in [-0.1, -0.05) is 0 Å². The molecule has 1 amide bonds. The number of hydrogen-bond donors (Lipinski definition) is 0. The largest absolute Gasteiger partial charge is 0.466 e. The summed E-state index contributed by atoms with van der Waals surface area (Å²) in [6, 6.07) is 0. The molecule has 21 heavy (non-hydrogen) atoms. The Morgan fingerprint density at radius 2 is 1.81 bits per heavy atom. The van der Waals surface area contributed by atoms with E-state index in [0.29, 0.717) is 32.5 Å². The molecule has 1 rings (SSSR count). The van der Waals surface area contributed by atoms with Crippen LogP contribution in [0, 0.1) is 5.41 Å². The first-order chi connectivity index (χ1) is 9.74. The van der Waals surface area contributed by atoms with Crippen molar-refractivity contribution in [2.45, 2.75) is 46.1 Å². The second kappa shape index (κ2) is 7.38. The lowest BCUT2D eigenvalue weighted by Crippen LogP contribution is -2.49. The Hall–Kier alpha value is -0.910. The fourth-order valence-electron chi connectivity index (χ4n) is 2.41. The van der Waals surface area contributed by atoms with Crippen LogP contribution >= 0.6 is 11.8 Å². The van der Waals surface area contributed by atoms with Gasteiger partial charge in [0.25, 0.3) is 0 Å². The van der Waals surface area contributed by atoms with Crippen LogP contribution in [-0.4, -0.2) is 54.3 Å². The molecule has 0 saturated carbocycles. The predicted octanol–water partition coefficient (Wildman–Crippen LogP) is 2.93. The molecule has 1 saturated heterocycles. The highest BCUT2D eigenvalue weighted by atomic mass is 32.2. The lowest BCUT2D eigenvalue weighted by molar-refractivity contribution is -0.156. The Kier molecular flexibility index (Phi) is 6.38. The lowest BCUT2D eigenvalue weighted by Gasteiger charge is -2.39. The van der Waals surface area contributed by atoms with Crippen LogP contribution in [0.4, 0.5) is 4.79 Å². The first kappa shape index (κ1) is 18.1. The molecule has 122 valence electrons. The summed E-state index contributed by atoms with van der Waals surface area (Å²) in [5.74, 6) is 0.594. The zero-order chi connectivity index (χ0) is 16.1. The molecule has 0 spiro atoms. The van der Waals surface area contributed by atoms with Crippen LogP contribution in [0.5, 0.6) is 0 Å². The van der Waals surface area contributed by atoms with Gasteiger partial charge < -0.3 is 14.4 Å². The van der Waals surface area contributed by atoms with Gasteiger partial charge in [0.05, 0.1) is 12.0 Å². The summed E-state index contributed by atoms with van der Waals surface area (Å²) < 4.78 is 10.6. The normalized spacial score (nSPS) is 18.2. The highest BCUT2D eigenvalue weighted by molar-refractivity contribution is 7.98. The van der Waals surface area contributed by atoms with Gasteiger partial charge in [0, 0.05) is 18.8 Å². The Morgan fingerprint density at radius 1 is 1.24 bits per heavy atom. The maximum Gasteiger partial charge on any atom is 0.410 e. The van der Waals surface area contributed by atoms with Crippen LogP contribution < -0.4 is 0 Å². The number of carbonyl (C=O) groups is 2. The summed E-state index contributed by atoms with van der Waals surface area (Å²) in [5, 5.41) is 0. The average Bonchev–Trinajstić information content (AvgIpc) is 2.38. The Balaban J connectivity index is 2.66. The highest BCUT2D eigenvalue weighted by Crippen LogP contribution is 2.36. The molecule has 0 aromatic heterocycles. The summed E-state index contributed by atoms with van der Waals surface area (Å²) in [7, 11) is 0. The molecule has 1 aliphatic heterocycles. The van der Waals surface area contributed by atoms with Crippen molar-refractivity contribution in [3.63, 3.8) is 0 Å². The van der Waals surface area contributed by atoms with Crippen LogP contribution in [0.1, 0.15) is 40.5 Å². The van der Waals surface area contributed by atoms with E-state index in [9.17, 15) is 9.59 Å². The van der Waals surface area contributed by atoms with E-state index in [4.69, 9.17) is 9.47 Å². The minimum absolute atomic E-state index is 0.136. The Labute approximate surface area is 131 Å². The van der Waals surface area contributed by atoms with Crippen molar-refractivity contribution < 1.29 is 19.1 Å². The molecule has 0 aromatic carbocycles. The molecule has 0 N–H and O–H groups in total. The quantitative estimate of drug-likeness (QED) is 0.746. The third-order valence-electron chi connectivity index (χ3n) is 3.50. The standard InChI is InChI=1S/C15H27NO4S/c1-6-19-12(17)15(11-21-5)7-9-16(10-8-15)13(18)20-14(2,3)4/h6-11H2,1-5H3. The summed E-state index contributed by atoms with van der Waals surface area (Å²) in [5.41, 5.74) is -0.958. The van der Waals surface area contributed by atoms with Crippen LogP contribution in [0.2, 0.25) is 0 Å². The first-order valence-electron chi connectivity index (χ1n) is 7.38. The second-order valence-corrected chi connectivity index (χ2v) is 7.27. The van der Waals surface area contributed by atoms with Crippen molar-refractivity contribution >= 4 is 23.8 Å². The van der Waals surface area contributed by atoms with Gasteiger partial charge in [-0.15, -0.1) is 0 Å². The molecule has 0 atom stereocenters. The van der Waals surface area contributed by atoms with Crippen molar-refractivity contribution in [3.05, 3.63) is 0 Å². The van der Waals surface area contributed by atoms with Gasteiger partial charge in [-0.3, -0.25) is 4.79 Å². The van der Waals surface area contributed by atoms with E-state index in [1.54, 1.807) is 16.7 Å². The number of hydrogen-bond acceptors (Lipinski definition) is 5. The number of rotatable bonds is 4. The van der Waals surface area contributed by atoms with Crippen LogP contribution in [-0.2, 0) is 14.3 Å². The van der Waals surface area contributed by atoms with E-state index >= 15 is 0 Å². The molecule has 1 fully saturated rings. The van der Waals surface area contributed by atoms with Gasteiger partial charge >= 0.3 is 12.1 Å². The molecular formula is C15H27NO4S. The maximum absolute atomic E-state index is 12.2. The topological polar surface area (TPSA) is 55.8 Å². The van der Waals surface area contributed by atoms with Crippen molar-refractivity contribution in [1.82, 2.24) is 4.90 Å². The SMILES string of the molecule is CCOC(=O)C1(CSC)CCN(C(=O)OC(C)(C)C)CC1. The molecule has 0 radical (unpaired) electrons. The van der Waals surface area contributed by atoms with Crippen LogP contribution in [0.3, 0.4) is 0 Å². The van der Waals surface area contributed by atoms with Gasteiger partial charge in [-0.05, 0) is 46.8 Å². The molecule has 0 aliphatic carbocycles. The van der Waals surface area contributed by atoms with E-state index < -0.39 is 11.0 Å². The highest BCUT2D eigenvalue weighted by Gasteiger charge is 2.43. The number of esters is 1. The molecule has 5 nitrogen and oxygen atoms in total. The van der Waals surface area contributed by atoms with E-state index in [1.165, 1.54) is 0 Å². The Bertz CT molecular complexity index is 370. The smallest absolute Gasteiger partial charge is 0.410 e. The maximum atomic E-state index is 12.2. The van der Waals surface area contributed by atoms with Crippen LogP contribution in [0.15, 0.2) is 0 Å². The summed E-state index contributed by atoms with van der Waals surface area (Å²) >= 11 is 1.65. The van der Waals surface area contributed by atoms with Crippen molar-refractivity contribution in [2.24, 2.45) is 5.41 Å². The number of ether oxygens (including phenoxy) is 2. The second-order valence-electron chi connectivity index (χ2n) is 6.40. The van der Waals surface area contributed by atoms with E-state index in [-0.39, 0.29) is 12.1 Å². The van der Waals surface area contributed by atoms with Gasteiger partial charge in [-0.25, -0.2) is 4.79 Å². The predicted molar refractivity (Wildman–Crippen MR) is 84.5 cm³/mol. The zero-order valence-electron chi connectivity index (χ0n) is 13.7. The molecule has 6 heteroatoms.